The molecule has 3 aromatic rings. The Morgan fingerprint density at radius 2 is 1.92 bits per heavy atom. The molecule has 134 valence electrons. The van der Waals surface area contributed by atoms with Crippen molar-refractivity contribution in [3.8, 4) is 0 Å². The highest BCUT2D eigenvalue weighted by Gasteiger charge is 2.12. The predicted molar refractivity (Wildman–Crippen MR) is 105 cm³/mol. The Hall–Kier alpha value is -2.18. The highest BCUT2D eigenvalue weighted by Crippen LogP contribution is 2.26. The molecule has 0 aliphatic carbocycles. The molecule has 0 aliphatic rings. The Bertz CT molecular complexity index is 850. The zero-order valence-corrected chi connectivity index (χ0v) is 15.9. The first-order valence-electron chi connectivity index (χ1n) is 8.26. The Balaban J connectivity index is 1.49. The second-order valence-electron chi connectivity index (χ2n) is 5.90. The summed E-state index contributed by atoms with van der Waals surface area (Å²) in [4.78, 5) is 16.7. The first-order valence-corrected chi connectivity index (χ1v) is 10.1. The van der Waals surface area contributed by atoms with Crippen LogP contribution in [0.15, 0.2) is 64.3 Å². The lowest BCUT2D eigenvalue weighted by Gasteiger charge is -2.13. The van der Waals surface area contributed by atoms with Gasteiger partial charge in [-0.15, -0.1) is 11.3 Å². The van der Waals surface area contributed by atoms with Crippen molar-refractivity contribution >= 4 is 29.0 Å². The van der Waals surface area contributed by atoms with E-state index in [1.165, 1.54) is 23.5 Å². The molecule has 6 heteroatoms. The molecule has 1 heterocycles. The maximum absolute atomic E-state index is 12.9. The van der Waals surface area contributed by atoms with E-state index < -0.39 is 0 Å². The fourth-order valence-corrected chi connectivity index (χ4v) is 4.24. The number of hydrogen-bond donors (Lipinski definition) is 1. The number of carbonyl (C=O) groups excluding carboxylic acids is 1. The van der Waals surface area contributed by atoms with Gasteiger partial charge in [-0.25, -0.2) is 9.37 Å². The van der Waals surface area contributed by atoms with E-state index in [1.807, 2.05) is 42.6 Å². The maximum Gasteiger partial charge on any atom is 0.226 e. The number of halogens is 1. The molecule has 26 heavy (non-hydrogen) atoms. The molecule has 0 bridgehead atoms. The van der Waals surface area contributed by atoms with Crippen molar-refractivity contribution in [2.75, 3.05) is 0 Å². The standard InChI is InChI=1S/C20H19FN2OS2/c1-14(16-5-3-2-4-6-16)22-19(24)11-18-13-26-20(23-18)25-12-15-7-9-17(21)10-8-15/h2-10,13-14H,11-12H2,1H3,(H,22,24)/t14-/m1/s1. The first-order chi connectivity index (χ1) is 12.6. The molecule has 2 aromatic carbocycles. The zero-order chi connectivity index (χ0) is 18.4. The third-order valence-corrected chi connectivity index (χ3v) is 5.97. The average Bonchev–Trinajstić information content (AvgIpc) is 3.09. The Kier molecular flexibility index (Phi) is 6.41. The number of nitrogens with zero attached hydrogens (tertiary/aromatic N) is 1. The average molecular weight is 387 g/mol. The van der Waals surface area contributed by atoms with Gasteiger partial charge in [-0.2, -0.15) is 0 Å². The quantitative estimate of drug-likeness (QED) is 0.582. The number of thioether (sulfide) groups is 1. The Morgan fingerprint density at radius 1 is 1.19 bits per heavy atom. The van der Waals surface area contributed by atoms with Gasteiger partial charge in [0.05, 0.1) is 18.2 Å². The topological polar surface area (TPSA) is 42.0 Å². The zero-order valence-electron chi connectivity index (χ0n) is 14.3. The van der Waals surface area contributed by atoms with Crippen LogP contribution in [0.5, 0.6) is 0 Å². The lowest BCUT2D eigenvalue weighted by atomic mass is 10.1. The van der Waals surface area contributed by atoms with Crippen LogP contribution in [0, 0.1) is 5.82 Å². The van der Waals surface area contributed by atoms with E-state index in [1.54, 1.807) is 23.9 Å². The molecule has 0 saturated heterocycles. The maximum atomic E-state index is 12.9. The lowest BCUT2D eigenvalue weighted by Crippen LogP contribution is -2.28. The predicted octanol–water partition coefficient (Wildman–Crippen LogP) is 4.99. The van der Waals surface area contributed by atoms with Gasteiger partial charge < -0.3 is 5.32 Å². The minimum Gasteiger partial charge on any atom is -0.349 e. The van der Waals surface area contributed by atoms with Crippen molar-refractivity contribution in [2.45, 2.75) is 29.5 Å². The molecule has 1 atom stereocenters. The molecule has 0 unspecified atom stereocenters. The van der Waals surface area contributed by atoms with E-state index in [9.17, 15) is 9.18 Å². The van der Waals surface area contributed by atoms with Crippen LogP contribution in [0.4, 0.5) is 4.39 Å². The highest BCUT2D eigenvalue weighted by molar-refractivity contribution is 8.00. The minimum atomic E-state index is -0.231. The van der Waals surface area contributed by atoms with Crippen LogP contribution in [0.3, 0.4) is 0 Å². The number of rotatable bonds is 7. The van der Waals surface area contributed by atoms with Gasteiger partial charge in [0.1, 0.15) is 10.2 Å². The summed E-state index contributed by atoms with van der Waals surface area (Å²) in [7, 11) is 0. The molecular weight excluding hydrogens is 367 g/mol. The Labute approximate surface area is 160 Å². The van der Waals surface area contributed by atoms with Gasteiger partial charge in [-0.3, -0.25) is 4.79 Å². The van der Waals surface area contributed by atoms with E-state index in [-0.39, 0.29) is 24.2 Å². The molecule has 0 saturated carbocycles. The summed E-state index contributed by atoms with van der Waals surface area (Å²) in [5.41, 5.74) is 2.90. The molecule has 0 spiro atoms. The molecular formula is C20H19FN2OS2. The molecule has 3 rings (SSSR count). The van der Waals surface area contributed by atoms with Crippen molar-refractivity contribution in [3.63, 3.8) is 0 Å². The number of aromatic nitrogens is 1. The van der Waals surface area contributed by atoms with Gasteiger partial charge in [0.25, 0.3) is 0 Å². The monoisotopic (exact) mass is 386 g/mol. The van der Waals surface area contributed by atoms with Gasteiger partial charge in [-0.05, 0) is 30.2 Å². The van der Waals surface area contributed by atoms with Gasteiger partial charge in [0, 0.05) is 11.1 Å². The van der Waals surface area contributed by atoms with E-state index in [2.05, 4.69) is 10.3 Å². The summed E-state index contributed by atoms with van der Waals surface area (Å²) in [5.74, 6) is 0.456. The van der Waals surface area contributed by atoms with Crippen LogP contribution in [0.25, 0.3) is 0 Å². The summed E-state index contributed by atoms with van der Waals surface area (Å²) in [6, 6.07) is 16.3. The van der Waals surface area contributed by atoms with Crippen molar-refractivity contribution in [2.24, 2.45) is 0 Å². The summed E-state index contributed by atoms with van der Waals surface area (Å²) < 4.78 is 13.8. The van der Waals surface area contributed by atoms with E-state index in [4.69, 9.17) is 0 Å². The summed E-state index contributed by atoms with van der Waals surface area (Å²) in [6.07, 6.45) is 0.269. The summed E-state index contributed by atoms with van der Waals surface area (Å²) in [5, 5.41) is 4.92. The number of amides is 1. The third kappa shape index (κ3) is 5.41. The smallest absolute Gasteiger partial charge is 0.226 e. The van der Waals surface area contributed by atoms with Crippen LogP contribution in [0.1, 0.15) is 29.8 Å². The number of benzene rings is 2. The van der Waals surface area contributed by atoms with Gasteiger partial charge >= 0.3 is 0 Å². The van der Waals surface area contributed by atoms with Crippen molar-refractivity contribution in [3.05, 3.63) is 82.6 Å². The van der Waals surface area contributed by atoms with E-state index in [0.717, 1.165) is 26.9 Å². The molecule has 0 radical (unpaired) electrons. The van der Waals surface area contributed by atoms with Crippen LogP contribution >= 0.6 is 23.1 Å². The highest BCUT2D eigenvalue weighted by atomic mass is 32.2. The second-order valence-corrected chi connectivity index (χ2v) is 7.98. The molecule has 0 fully saturated rings. The molecule has 1 amide bonds. The number of carbonyl (C=O) groups is 1. The molecule has 0 aliphatic heterocycles. The molecule has 3 nitrogen and oxygen atoms in total. The van der Waals surface area contributed by atoms with Gasteiger partial charge in [-0.1, -0.05) is 54.2 Å². The minimum absolute atomic E-state index is 0.0327. The van der Waals surface area contributed by atoms with Crippen LogP contribution < -0.4 is 5.32 Å². The Morgan fingerprint density at radius 3 is 2.65 bits per heavy atom. The largest absolute Gasteiger partial charge is 0.349 e. The number of nitrogens with one attached hydrogen (secondary N) is 1. The van der Waals surface area contributed by atoms with E-state index >= 15 is 0 Å². The van der Waals surface area contributed by atoms with Crippen LogP contribution in [-0.4, -0.2) is 10.9 Å². The van der Waals surface area contributed by atoms with Gasteiger partial charge in [0.15, 0.2) is 0 Å². The van der Waals surface area contributed by atoms with E-state index in [0.29, 0.717) is 0 Å². The van der Waals surface area contributed by atoms with Crippen molar-refractivity contribution in [1.29, 1.82) is 0 Å². The number of thiazole rings is 1. The molecule has 1 N–H and O–H groups in total. The summed E-state index contributed by atoms with van der Waals surface area (Å²) >= 11 is 3.12. The first kappa shape index (κ1) is 18.6. The second kappa shape index (κ2) is 8.96. The number of hydrogen-bond acceptors (Lipinski definition) is 4. The fourth-order valence-electron chi connectivity index (χ4n) is 2.44. The van der Waals surface area contributed by atoms with Crippen molar-refractivity contribution < 1.29 is 9.18 Å². The molecule has 1 aromatic heterocycles. The lowest BCUT2D eigenvalue weighted by molar-refractivity contribution is -0.121. The fraction of sp³-hybridized carbons (Fsp3) is 0.200. The van der Waals surface area contributed by atoms with Crippen LogP contribution in [-0.2, 0) is 17.0 Å². The van der Waals surface area contributed by atoms with Gasteiger partial charge in [0.2, 0.25) is 5.91 Å². The third-order valence-electron chi connectivity index (χ3n) is 3.82. The van der Waals surface area contributed by atoms with Crippen LogP contribution in [0.2, 0.25) is 0 Å². The summed E-state index contributed by atoms with van der Waals surface area (Å²) in [6.45, 7) is 1.97. The van der Waals surface area contributed by atoms with Crippen molar-refractivity contribution in [1.82, 2.24) is 10.3 Å². The normalized spacial score (nSPS) is 11.9. The SMILES string of the molecule is C[C@@H](NC(=O)Cc1csc(SCc2ccc(F)cc2)n1)c1ccccc1.